The van der Waals surface area contributed by atoms with Crippen LogP contribution in [0.4, 0.5) is 10.1 Å². The molecule has 3 rings (SSSR count). The zero-order valence-corrected chi connectivity index (χ0v) is 16.4. The third-order valence-electron chi connectivity index (χ3n) is 4.15. The van der Waals surface area contributed by atoms with Crippen LogP contribution in [-0.2, 0) is 6.61 Å². The van der Waals surface area contributed by atoms with Gasteiger partial charge < -0.3 is 14.5 Å². The fourth-order valence-electron chi connectivity index (χ4n) is 2.74. The summed E-state index contributed by atoms with van der Waals surface area (Å²) in [6, 6.07) is 10.9. The number of benzene rings is 2. The number of nitrogens with one attached hydrogen (secondary N) is 2. The highest BCUT2D eigenvalue weighted by Gasteiger charge is 2.18. The first-order valence-electron chi connectivity index (χ1n) is 9.20. The summed E-state index contributed by atoms with van der Waals surface area (Å²) in [5, 5.41) is 11.1. The van der Waals surface area contributed by atoms with Crippen LogP contribution in [-0.4, -0.2) is 21.5 Å². The zero-order valence-electron chi connectivity index (χ0n) is 16.4. The van der Waals surface area contributed by atoms with Crippen molar-refractivity contribution >= 4 is 17.8 Å². The minimum atomic E-state index is -1.09. The first-order chi connectivity index (χ1) is 14.9. The van der Waals surface area contributed by atoms with Crippen LogP contribution in [0.2, 0.25) is 0 Å². The Balaban J connectivity index is 1.85. The third kappa shape index (κ3) is 5.44. The second-order valence-electron chi connectivity index (χ2n) is 6.32. The lowest BCUT2D eigenvalue weighted by atomic mass is 10.1. The van der Waals surface area contributed by atoms with Gasteiger partial charge in [-0.1, -0.05) is 24.3 Å². The number of halogens is 1. The van der Waals surface area contributed by atoms with Crippen LogP contribution in [0.1, 0.15) is 23.7 Å². The Bertz CT molecular complexity index is 1230. The highest BCUT2D eigenvalue weighted by molar-refractivity contribution is 5.72. The van der Waals surface area contributed by atoms with Gasteiger partial charge in [0, 0.05) is 0 Å². The predicted octanol–water partition coefficient (Wildman–Crippen LogP) is 3.26. The number of hydrogen-bond acceptors (Lipinski definition) is 6. The highest BCUT2D eigenvalue weighted by Crippen LogP contribution is 2.30. The monoisotopic (exact) mass is 427 g/mol. The van der Waals surface area contributed by atoms with Crippen molar-refractivity contribution < 1.29 is 18.8 Å². The van der Waals surface area contributed by atoms with E-state index in [-0.39, 0.29) is 18.1 Å². The molecule has 2 aromatic carbocycles. The van der Waals surface area contributed by atoms with Gasteiger partial charge in [-0.2, -0.15) is 0 Å². The molecule has 0 atom stereocenters. The molecule has 0 fully saturated rings. The lowest BCUT2D eigenvalue weighted by molar-refractivity contribution is -0.386. The largest absolute Gasteiger partial charge is 0.490 e. The molecule has 0 aliphatic heterocycles. The average Bonchev–Trinajstić information content (AvgIpc) is 2.72. The van der Waals surface area contributed by atoms with Crippen molar-refractivity contribution in [1.82, 2.24) is 9.97 Å². The van der Waals surface area contributed by atoms with Crippen molar-refractivity contribution in [3.8, 4) is 11.5 Å². The number of nitro groups is 1. The zero-order chi connectivity index (χ0) is 22.4. The van der Waals surface area contributed by atoms with Crippen LogP contribution in [0.15, 0.2) is 52.1 Å². The Kier molecular flexibility index (Phi) is 6.61. The molecule has 1 heterocycles. The SMILES string of the molecule is CCOc1cc(/C=C/c2[nH]c(=O)[nH]c(=O)c2[N+](=O)[O-])ccc1OCc1ccc(F)cc1. The number of ether oxygens (including phenoxy) is 2. The van der Waals surface area contributed by atoms with E-state index in [1.54, 1.807) is 37.3 Å². The minimum Gasteiger partial charge on any atom is -0.490 e. The molecule has 0 saturated carbocycles. The standard InChI is InChI=1S/C21H18FN3O6/c1-2-30-18-11-13(5-9-16-19(25(28)29)20(26)24-21(27)23-16)6-10-17(18)31-12-14-3-7-15(22)8-4-14/h3-11H,2,12H2,1H3,(H2,23,24,26,27)/b9-5+. The van der Waals surface area contributed by atoms with Gasteiger partial charge in [0.05, 0.1) is 11.5 Å². The molecule has 31 heavy (non-hydrogen) atoms. The van der Waals surface area contributed by atoms with Crippen LogP contribution >= 0.6 is 0 Å². The number of nitrogens with zero attached hydrogens (tertiary/aromatic N) is 1. The molecule has 0 unspecified atom stereocenters. The molecule has 160 valence electrons. The quantitative estimate of drug-likeness (QED) is 0.420. The number of rotatable bonds is 8. The van der Waals surface area contributed by atoms with E-state index in [4.69, 9.17) is 9.47 Å². The first-order valence-corrected chi connectivity index (χ1v) is 9.20. The minimum absolute atomic E-state index is 0.204. The van der Waals surface area contributed by atoms with E-state index in [2.05, 4.69) is 4.98 Å². The summed E-state index contributed by atoms with van der Waals surface area (Å²) in [5.41, 5.74) is -1.57. The average molecular weight is 427 g/mol. The summed E-state index contributed by atoms with van der Waals surface area (Å²) in [6.07, 6.45) is 2.75. The molecule has 9 nitrogen and oxygen atoms in total. The maximum atomic E-state index is 13.0. The van der Waals surface area contributed by atoms with Crippen LogP contribution in [0.25, 0.3) is 12.2 Å². The molecule has 0 bridgehead atoms. The molecule has 0 spiro atoms. The van der Waals surface area contributed by atoms with E-state index in [1.807, 2.05) is 4.98 Å². The van der Waals surface area contributed by atoms with Crippen LogP contribution in [0, 0.1) is 15.9 Å². The van der Waals surface area contributed by atoms with E-state index >= 15 is 0 Å². The van der Waals surface area contributed by atoms with E-state index in [1.165, 1.54) is 24.3 Å². The molecule has 1 aromatic heterocycles. The summed E-state index contributed by atoms with van der Waals surface area (Å²) >= 11 is 0. The fourth-order valence-corrected chi connectivity index (χ4v) is 2.74. The highest BCUT2D eigenvalue weighted by atomic mass is 19.1. The van der Waals surface area contributed by atoms with Gasteiger partial charge in [0.1, 0.15) is 18.1 Å². The number of aromatic amines is 2. The Morgan fingerprint density at radius 2 is 1.77 bits per heavy atom. The maximum Gasteiger partial charge on any atom is 0.357 e. The topological polar surface area (TPSA) is 127 Å². The van der Waals surface area contributed by atoms with E-state index in [0.29, 0.717) is 23.7 Å². The van der Waals surface area contributed by atoms with Crippen molar-refractivity contribution in [2.75, 3.05) is 6.61 Å². The van der Waals surface area contributed by atoms with Crippen LogP contribution in [0.3, 0.4) is 0 Å². The second-order valence-corrected chi connectivity index (χ2v) is 6.32. The van der Waals surface area contributed by atoms with Crippen molar-refractivity contribution in [1.29, 1.82) is 0 Å². The van der Waals surface area contributed by atoms with E-state index in [9.17, 15) is 24.1 Å². The number of hydrogen-bond donors (Lipinski definition) is 2. The lowest BCUT2D eigenvalue weighted by Gasteiger charge is -2.13. The third-order valence-corrected chi connectivity index (χ3v) is 4.15. The maximum absolute atomic E-state index is 13.0. The number of H-pyrrole nitrogens is 2. The summed E-state index contributed by atoms with van der Waals surface area (Å²) in [7, 11) is 0. The Hall–Kier alpha value is -4.21. The second kappa shape index (κ2) is 9.53. The summed E-state index contributed by atoms with van der Waals surface area (Å²) in [6.45, 7) is 2.37. The van der Waals surface area contributed by atoms with Gasteiger partial charge in [-0.25, -0.2) is 9.18 Å². The van der Waals surface area contributed by atoms with Crippen LogP contribution < -0.4 is 20.7 Å². The smallest absolute Gasteiger partial charge is 0.357 e. The molecular formula is C21H18FN3O6. The van der Waals surface area contributed by atoms with Gasteiger partial charge >= 0.3 is 16.9 Å². The summed E-state index contributed by atoms with van der Waals surface area (Å²) in [5.74, 6) is 0.552. The summed E-state index contributed by atoms with van der Waals surface area (Å²) in [4.78, 5) is 37.5. The summed E-state index contributed by atoms with van der Waals surface area (Å²) < 4.78 is 24.4. The van der Waals surface area contributed by atoms with Crippen LogP contribution in [0.5, 0.6) is 11.5 Å². The van der Waals surface area contributed by atoms with Gasteiger partial charge in [-0.3, -0.25) is 19.9 Å². The van der Waals surface area contributed by atoms with E-state index in [0.717, 1.165) is 5.56 Å². The van der Waals surface area contributed by atoms with Gasteiger partial charge in [-0.15, -0.1) is 0 Å². The van der Waals surface area contributed by atoms with Crippen molar-refractivity contribution in [2.45, 2.75) is 13.5 Å². The van der Waals surface area contributed by atoms with Crippen molar-refractivity contribution in [3.05, 3.63) is 96.1 Å². The molecule has 0 saturated heterocycles. The molecule has 0 aliphatic rings. The first kappa shape index (κ1) is 21.5. The number of aromatic nitrogens is 2. The lowest BCUT2D eigenvalue weighted by Crippen LogP contribution is -2.25. The Morgan fingerprint density at radius 3 is 2.45 bits per heavy atom. The van der Waals surface area contributed by atoms with Gasteiger partial charge in [0.2, 0.25) is 0 Å². The molecule has 2 N–H and O–H groups in total. The molecule has 0 aliphatic carbocycles. The van der Waals surface area contributed by atoms with Gasteiger partial charge in [0.15, 0.2) is 11.5 Å². The molecule has 0 amide bonds. The van der Waals surface area contributed by atoms with Gasteiger partial charge in [0.25, 0.3) is 0 Å². The van der Waals surface area contributed by atoms with Crippen molar-refractivity contribution in [2.24, 2.45) is 0 Å². The fraction of sp³-hybridized carbons (Fsp3) is 0.143. The normalized spacial score (nSPS) is 10.9. The molecular weight excluding hydrogens is 409 g/mol. The molecule has 10 heteroatoms. The molecule has 0 radical (unpaired) electrons. The predicted molar refractivity (Wildman–Crippen MR) is 112 cm³/mol. The van der Waals surface area contributed by atoms with Gasteiger partial charge in [-0.05, 0) is 48.4 Å². The molecule has 3 aromatic rings. The van der Waals surface area contributed by atoms with Crippen molar-refractivity contribution in [3.63, 3.8) is 0 Å². The van der Waals surface area contributed by atoms with E-state index < -0.39 is 21.9 Å². The Morgan fingerprint density at radius 1 is 1.03 bits per heavy atom. The Labute approximate surface area is 174 Å².